The Morgan fingerprint density at radius 3 is 2.18 bits per heavy atom. The zero-order chi connectivity index (χ0) is 12.1. The van der Waals surface area contributed by atoms with Crippen LogP contribution in [0.5, 0.6) is 0 Å². The lowest BCUT2D eigenvalue weighted by atomic mass is 10.2. The highest BCUT2D eigenvalue weighted by Gasteiger charge is 1.95. The summed E-state index contributed by atoms with van der Waals surface area (Å²) in [6.45, 7) is 4.05. The highest BCUT2D eigenvalue weighted by atomic mass is 15.4. The zero-order valence-electron chi connectivity index (χ0n) is 10.0. The molecular weight excluding hydrogens is 210 g/mol. The van der Waals surface area contributed by atoms with Gasteiger partial charge in [-0.25, -0.2) is 0 Å². The molecule has 1 N–H and O–H groups in total. The van der Waals surface area contributed by atoms with Crippen LogP contribution in [0.1, 0.15) is 11.1 Å². The molecule has 17 heavy (non-hydrogen) atoms. The maximum absolute atomic E-state index is 4.16. The summed E-state index contributed by atoms with van der Waals surface area (Å²) in [5.74, 6) is 0. The van der Waals surface area contributed by atoms with Gasteiger partial charge in [0.1, 0.15) is 0 Å². The Hall–Kier alpha value is -2.16. The van der Waals surface area contributed by atoms with E-state index in [0.29, 0.717) is 0 Å². The number of hydrogen-bond donors (Lipinski definition) is 1. The van der Waals surface area contributed by atoms with E-state index in [4.69, 9.17) is 0 Å². The molecule has 3 heteroatoms. The normalized spacial score (nSPS) is 10.7. The van der Waals surface area contributed by atoms with Gasteiger partial charge < -0.3 is 0 Å². The Balaban J connectivity index is 2.09. The Bertz CT molecular complexity index is 532. The molecule has 0 unspecified atom stereocenters. The highest BCUT2D eigenvalue weighted by molar-refractivity contribution is 5.49. The molecule has 3 nitrogen and oxygen atoms in total. The number of nitrogens with one attached hydrogen (secondary N) is 1. The number of hydrogen-bond acceptors (Lipinski definition) is 2. The predicted octanol–water partition coefficient (Wildman–Crippen LogP) is 4.41. The van der Waals surface area contributed by atoms with Crippen molar-refractivity contribution in [3.63, 3.8) is 0 Å². The van der Waals surface area contributed by atoms with Gasteiger partial charge >= 0.3 is 0 Å². The number of nitrogens with zero attached hydrogens (tertiary/aromatic N) is 2. The van der Waals surface area contributed by atoms with Crippen molar-refractivity contribution in [3.05, 3.63) is 59.7 Å². The van der Waals surface area contributed by atoms with E-state index < -0.39 is 0 Å². The average molecular weight is 225 g/mol. The molecule has 0 saturated heterocycles. The van der Waals surface area contributed by atoms with Gasteiger partial charge in [0.15, 0.2) is 0 Å². The fourth-order valence-corrected chi connectivity index (χ4v) is 1.51. The van der Waals surface area contributed by atoms with Crippen LogP contribution in [0, 0.1) is 13.8 Å². The fraction of sp³-hybridized carbons (Fsp3) is 0.143. The summed E-state index contributed by atoms with van der Waals surface area (Å²) >= 11 is 0. The van der Waals surface area contributed by atoms with Crippen LogP contribution in [0.3, 0.4) is 0 Å². The van der Waals surface area contributed by atoms with Crippen molar-refractivity contribution in [2.45, 2.75) is 13.8 Å². The summed E-state index contributed by atoms with van der Waals surface area (Å²) in [5, 5.41) is 8.16. The number of anilines is 1. The lowest BCUT2D eigenvalue weighted by Gasteiger charge is -2.02. The molecule has 2 rings (SSSR count). The van der Waals surface area contributed by atoms with Gasteiger partial charge in [-0.05, 0) is 37.1 Å². The first-order valence-electron chi connectivity index (χ1n) is 5.55. The molecule has 0 spiro atoms. The standard InChI is InChI=1S/C14H15N3/c1-11-7-3-5-9-13(11)15-17-16-14-10-6-4-8-12(14)2/h3-10H,1-2H3,(H,15,16). The average Bonchev–Trinajstić information content (AvgIpc) is 2.34. The van der Waals surface area contributed by atoms with Crippen LogP contribution in [0.2, 0.25) is 0 Å². The summed E-state index contributed by atoms with van der Waals surface area (Å²) in [6.07, 6.45) is 0. The smallest absolute Gasteiger partial charge is 0.0903 e. The zero-order valence-corrected chi connectivity index (χ0v) is 10.0. The maximum Gasteiger partial charge on any atom is 0.0903 e. The van der Waals surface area contributed by atoms with Crippen LogP contribution in [0.25, 0.3) is 0 Å². The Morgan fingerprint density at radius 1 is 0.824 bits per heavy atom. The van der Waals surface area contributed by atoms with Crippen LogP contribution in [-0.4, -0.2) is 0 Å². The number of rotatable bonds is 3. The third-order valence-corrected chi connectivity index (χ3v) is 2.59. The molecule has 0 saturated carbocycles. The van der Waals surface area contributed by atoms with Crippen LogP contribution in [-0.2, 0) is 0 Å². The van der Waals surface area contributed by atoms with E-state index in [9.17, 15) is 0 Å². The minimum Gasteiger partial charge on any atom is -0.260 e. The van der Waals surface area contributed by atoms with Crippen molar-refractivity contribution in [2.75, 3.05) is 5.43 Å². The van der Waals surface area contributed by atoms with Crippen LogP contribution < -0.4 is 5.43 Å². The Labute approximate surface area is 101 Å². The minimum atomic E-state index is 0.883. The number of aryl methyl sites for hydroxylation is 2. The van der Waals surface area contributed by atoms with Crippen molar-refractivity contribution >= 4 is 11.4 Å². The monoisotopic (exact) mass is 225 g/mol. The molecule has 0 aliphatic heterocycles. The molecule has 2 aromatic carbocycles. The van der Waals surface area contributed by atoms with Gasteiger partial charge in [-0.3, -0.25) is 5.43 Å². The third kappa shape index (κ3) is 2.91. The largest absolute Gasteiger partial charge is 0.260 e. The van der Waals surface area contributed by atoms with E-state index in [1.165, 1.54) is 0 Å². The van der Waals surface area contributed by atoms with Gasteiger partial charge in [0.2, 0.25) is 0 Å². The second kappa shape index (κ2) is 5.25. The summed E-state index contributed by atoms with van der Waals surface area (Å²) in [6, 6.07) is 15.9. The Kier molecular flexibility index (Phi) is 3.50. The van der Waals surface area contributed by atoms with Crippen LogP contribution in [0.15, 0.2) is 58.9 Å². The SMILES string of the molecule is Cc1ccccc1N=NNc1ccccc1C. The molecule has 0 atom stereocenters. The molecule has 0 bridgehead atoms. The molecule has 0 radical (unpaired) electrons. The van der Waals surface area contributed by atoms with E-state index in [1.54, 1.807) is 0 Å². The van der Waals surface area contributed by atoms with Crippen molar-refractivity contribution in [2.24, 2.45) is 10.3 Å². The quantitative estimate of drug-likeness (QED) is 0.609. The summed E-state index contributed by atoms with van der Waals surface area (Å²) in [7, 11) is 0. The lowest BCUT2D eigenvalue weighted by Crippen LogP contribution is -1.89. The maximum atomic E-state index is 4.16. The molecule has 2 aromatic rings. The second-order valence-electron chi connectivity index (χ2n) is 3.91. The molecule has 86 valence electrons. The topological polar surface area (TPSA) is 36.8 Å². The summed E-state index contributed by atoms with van der Waals surface area (Å²) in [4.78, 5) is 0. The first kappa shape index (κ1) is 11.3. The van der Waals surface area contributed by atoms with Gasteiger partial charge in [0.25, 0.3) is 0 Å². The first-order valence-corrected chi connectivity index (χ1v) is 5.55. The first-order chi connectivity index (χ1) is 8.27. The van der Waals surface area contributed by atoms with Crippen LogP contribution in [0.4, 0.5) is 11.4 Å². The van der Waals surface area contributed by atoms with E-state index in [1.807, 2.05) is 62.4 Å². The molecule has 0 aliphatic carbocycles. The van der Waals surface area contributed by atoms with Gasteiger partial charge in [0.05, 0.1) is 11.4 Å². The van der Waals surface area contributed by atoms with Crippen molar-refractivity contribution in [1.29, 1.82) is 0 Å². The van der Waals surface area contributed by atoms with E-state index in [0.717, 1.165) is 22.5 Å². The summed E-state index contributed by atoms with van der Waals surface area (Å²) in [5.41, 5.74) is 7.07. The van der Waals surface area contributed by atoms with Crippen molar-refractivity contribution in [1.82, 2.24) is 0 Å². The molecule has 0 aromatic heterocycles. The van der Waals surface area contributed by atoms with Gasteiger partial charge in [-0.2, -0.15) is 0 Å². The molecular formula is C14H15N3. The lowest BCUT2D eigenvalue weighted by molar-refractivity contribution is 1.11. The second-order valence-corrected chi connectivity index (χ2v) is 3.91. The third-order valence-electron chi connectivity index (χ3n) is 2.59. The number of para-hydroxylation sites is 1. The van der Waals surface area contributed by atoms with Gasteiger partial charge in [0, 0.05) is 0 Å². The molecule has 0 amide bonds. The van der Waals surface area contributed by atoms with E-state index in [-0.39, 0.29) is 0 Å². The predicted molar refractivity (Wildman–Crippen MR) is 70.5 cm³/mol. The van der Waals surface area contributed by atoms with E-state index in [2.05, 4.69) is 15.8 Å². The molecule has 0 aliphatic rings. The van der Waals surface area contributed by atoms with Crippen LogP contribution >= 0.6 is 0 Å². The van der Waals surface area contributed by atoms with Crippen molar-refractivity contribution in [3.8, 4) is 0 Å². The molecule has 0 fully saturated rings. The highest BCUT2D eigenvalue weighted by Crippen LogP contribution is 2.18. The number of benzene rings is 2. The van der Waals surface area contributed by atoms with Gasteiger partial charge in [-0.15, -0.1) is 5.11 Å². The van der Waals surface area contributed by atoms with E-state index >= 15 is 0 Å². The molecule has 0 heterocycles. The van der Waals surface area contributed by atoms with Gasteiger partial charge in [-0.1, -0.05) is 41.6 Å². The summed E-state index contributed by atoms with van der Waals surface area (Å²) < 4.78 is 0. The van der Waals surface area contributed by atoms with Crippen molar-refractivity contribution < 1.29 is 0 Å². The fourth-order valence-electron chi connectivity index (χ4n) is 1.51. The minimum absolute atomic E-state index is 0.883. The Morgan fingerprint density at radius 2 is 1.47 bits per heavy atom.